The molecule has 2 aliphatic heterocycles. The summed E-state index contributed by atoms with van der Waals surface area (Å²) >= 11 is 0. The summed E-state index contributed by atoms with van der Waals surface area (Å²) in [6.07, 6.45) is 1.30. The zero-order valence-electron chi connectivity index (χ0n) is 13.5. The minimum Gasteiger partial charge on any atom is -0.396 e. The third kappa shape index (κ3) is 2.71. The van der Waals surface area contributed by atoms with E-state index in [1.165, 1.54) is 0 Å². The average molecular weight is 299 g/mol. The number of carbonyl (C=O) groups is 1. The molecule has 0 bridgehead atoms. The molecule has 122 valence electrons. The Labute approximate surface area is 127 Å². The number of rotatable bonds is 3. The first-order valence-electron chi connectivity index (χ1n) is 8.16. The lowest BCUT2D eigenvalue weighted by molar-refractivity contribution is -0.264. The maximum absolute atomic E-state index is 12.3. The van der Waals surface area contributed by atoms with Crippen LogP contribution in [-0.2, 0) is 9.53 Å². The van der Waals surface area contributed by atoms with Crippen molar-refractivity contribution in [3.05, 3.63) is 0 Å². The Bertz CT molecular complexity index is 388. The van der Waals surface area contributed by atoms with Gasteiger partial charge in [0.25, 0.3) is 0 Å². The summed E-state index contributed by atoms with van der Waals surface area (Å²) in [5, 5.41) is 22.9. The molecule has 2 heterocycles. The van der Waals surface area contributed by atoms with Gasteiger partial charge in [0.15, 0.2) is 0 Å². The van der Waals surface area contributed by atoms with Crippen molar-refractivity contribution in [3.63, 3.8) is 0 Å². The fourth-order valence-corrected chi connectivity index (χ4v) is 4.03. The number of piperidine rings is 1. The maximum Gasteiger partial charge on any atom is 0.225 e. The van der Waals surface area contributed by atoms with Crippen LogP contribution in [0.2, 0.25) is 0 Å². The Hall–Kier alpha value is -0.650. The normalized spacial score (nSPS) is 47.4. The van der Waals surface area contributed by atoms with Crippen LogP contribution in [0.15, 0.2) is 0 Å². The monoisotopic (exact) mass is 299 g/mol. The molecule has 1 amide bonds. The van der Waals surface area contributed by atoms with Gasteiger partial charge in [-0.15, -0.1) is 0 Å². The molecule has 0 aromatic heterocycles. The van der Waals surface area contributed by atoms with Crippen molar-refractivity contribution >= 4 is 5.91 Å². The first-order chi connectivity index (χ1) is 9.87. The molecule has 0 aromatic rings. The van der Waals surface area contributed by atoms with E-state index in [4.69, 9.17) is 4.74 Å². The van der Waals surface area contributed by atoms with Crippen LogP contribution < -0.4 is 5.32 Å². The molecule has 5 nitrogen and oxygen atoms in total. The van der Waals surface area contributed by atoms with E-state index in [1.807, 2.05) is 20.8 Å². The predicted octanol–water partition coefficient (Wildman–Crippen LogP) is 1.28. The number of ether oxygens (including phenoxy) is 1. The second kappa shape index (κ2) is 6.23. The largest absolute Gasteiger partial charge is 0.396 e. The molecule has 21 heavy (non-hydrogen) atoms. The summed E-state index contributed by atoms with van der Waals surface area (Å²) in [6, 6.07) is 0. The Balaban J connectivity index is 2.28. The Morgan fingerprint density at radius 3 is 2.62 bits per heavy atom. The van der Waals surface area contributed by atoms with Crippen LogP contribution in [0.25, 0.3) is 0 Å². The van der Waals surface area contributed by atoms with Crippen LogP contribution >= 0.6 is 0 Å². The van der Waals surface area contributed by atoms with E-state index in [0.29, 0.717) is 6.42 Å². The molecule has 2 aliphatic rings. The molecular formula is C16H29NO4. The van der Waals surface area contributed by atoms with E-state index in [9.17, 15) is 15.0 Å². The fourth-order valence-electron chi connectivity index (χ4n) is 4.03. The highest BCUT2D eigenvalue weighted by atomic mass is 16.5. The van der Waals surface area contributed by atoms with Gasteiger partial charge in [-0.05, 0) is 19.3 Å². The Kier molecular flexibility index (Phi) is 4.96. The molecule has 7 atom stereocenters. The van der Waals surface area contributed by atoms with E-state index in [1.54, 1.807) is 0 Å². The van der Waals surface area contributed by atoms with Gasteiger partial charge < -0.3 is 20.3 Å². The van der Waals surface area contributed by atoms with Gasteiger partial charge in [0.2, 0.25) is 5.91 Å². The lowest BCUT2D eigenvalue weighted by Crippen LogP contribution is -2.70. The second-order valence-corrected chi connectivity index (χ2v) is 6.83. The second-order valence-electron chi connectivity index (χ2n) is 6.83. The van der Waals surface area contributed by atoms with Gasteiger partial charge in [-0.2, -0.15) is 0 Å². The van der Waals surface area contributed by atoms with Gasteiger partial charge in [0.05, 0.1) is 12.2 Å². The highest BCUT2D eigenvalue weighted by Crippen LogP contribution is 2.45. The number of aliphatic hydroxyl groups is 2. The van der Waals surface area contributed by atoms with E-state index in [-0.39, 0.29) is 42.3 Å². The molecule has 2 rings (SSSR count). The van der Waals surface area contributed by atoms with E-state index < -0.39 is 11.8 Å². The number of hydrogen-bond donors (Lipinski definition) is 3. The van der Waals surface area contributed by atoms with Gasteiger partial charge >= 0.3 is 0 Å². The SMILES string of the molecule is CC[C@H]1C[C@H](C)[C@@]2(NC1=O)O[C@@H](CCO)[C@H](C)[C@H](O)[C@@H]2C. The van der Waals surface area contributed by atoms with Crippen molar-refractivity contribution in [3.8, 4) is 0 Å². The van der Waals surface area contributed by atoms with E-state index >= 15 is 0 Å². The first-order valence-corrected chi connectivity index (χ1v) is 8.16. The smallest absolute Gasteiger partial charge is 0.225 e. The van der Waals surface area contributed by atoms with Crippen LogP contribution in [0.1, 0.15) is 47.0 Å². The van der Waals surface area contributed by atoms with Crippen LogP contribution in [0.4, 0.5) is 0 Å². The fraction of sp³-hybridized carbons (Fsp3) is 0.938. The minimum absolute atomic E-state index is 0.0199. The third-order valence-corrected chi connectivity index (χ3v) is 5.63. The van der Waals surface area contributed by atoms with Gasteiger partial charge in [-0.3, -0.25) is 4.79 Å². The maximum atomic E-state index is 12.3. The molecule has 5 heteroatoms. The van der Waals surface area contributed by atoms with Gasteiger partial charge in [-0.25, -0.2) is 0 Å². The van der Waals surface area contributed by atoms with Crippen molar-refractivity contribution in [1.82, 2.24) is 5.32 Å². The lowest BCUT2D eigenvalue weighted by Gasteiger charge is -2.56. The topological polar surface area (TPSA) is 78.8 Å². The quantitative estimate of drug-likeness (QED) is 0.733. The average Bonchev–Trinajstić information content (AvgIpc) is 2.46. The van der Waals surface area contributed by atoms with Crippen molar-refractivity contribution in [2.45, 2.75) is 64.9 Å². The van der Waals surface area contributed by atoms with Gasteiger partial charge in [0, 0.05) is 30.3 Å². The number of carbonyl (C=O) groups excluding carboxylic acids is 1. The summed E-state index contributed by atoms with van der Waals surface area (Å²) in [7, 11) is 0. The summed E-state index contributed by atoms with van der Waals surface area (Å²) in [6.45, 7) is 8.01. The van der Waals surface area contributed by atoms with E-state index in [2.05, 4.69) is 12.2 Å². The molecule has 0 unspecified atom stereocenters. The molecule has 0 aliphatic carbocycles. The molecule has 0 saturated carbocycles. The van der Waals surface area contributed by atoms with Gasteiger partial charge in [0.1, 0.15) is 5.72 Å². The molecule has 3 N–H and O–H groups in total. The van der Waals surface area contributed by atoms with Crippen molar-refractivity contribution in [2.24, 2.45) is 23.7 Å². The predicted molar refractivity (Wildman–Crippen MR) is 79.3 cm³/mol. The standard InChI is InChI=1S/C16H29NO4/c1-5-12-8-9(2)16(17-15(12)20)11(4)14(19)10(3)13(21-16)6-7-18/h9-14,18-19H,5-8H2,1-4H3,(H,17,20)/t9-,10-,11-,12-,13-,14-,16+/m0/s1. The number of amides is 1. The summed E-state index contributed by atoms with van der Waals surface area (Å²) < 4.78 is 6.27. The number of hydrogen-bond acceptors (Lipinski definition) is 4. The zero-order valence-corrected chi connectivity index (χ0v) is 13.5. The van der Waals surface area contributed by atoms with Crippen molar-refractivity contribution in [2.75, 3.05) is 6.61 Å². The Morgan fingerprint density at radius 1 is 1.38 bits per heavy atom. The van der Waals surface area contributed by atoms with E-state index in [0.717, 1.165) is 12.8 Å². The molecule has 2 saturated heterocycles. The molecule has 0 radical (unpaired) electrons. The third-order valence-electron chi connectivity index (χ3n) is 5.63. The van der Waals surface area contributed by atoms with Crippen LogP contribution in [0.5, 0.6) is 0 Å². The molecular weight excluding hydrogens is 270 g/mol. The lowest BCUT2D eigenvalue weighted by atomic mass is 9.69. The highest BCUT2D eigenvalue weighted by molar-refractivity contribution is 5.80. The highest BCUT2D eigenvalue weighted by Gasteiger charge is 2.56. The van der Waals surface area contributed by atoms with Crippen molar-refractivity contribution in [1.29, 1.82) is 0 Å². The van der Waals surface area contributed by atoms with Gasteiger partial charge in [-0.1, -0.05) is 27.7 Å². The molecule has 2 fully saturated rings. The molecule has 1 spiro atoms. The number of nitrogens with one attached hydrogen (secondary N) is 1. The number of aliphatic hydroxyl groups excluding tert-OH is 2. The van der Waals surface area contributed by atoms with Crippen LogP contribution in [0, 0.1) is 23.7 Å². The zero-order chi connectivity index (χ0) is 15.8. The van der Waals surface area contributed by atoms with Crippen LogP contribution in [-0.4, -0.2) is 40.7 Å². The summed E-state index contributed by atoms with van der Waals surface area (Å²) in [4.78, 5) is 12.3. The van der Waals surface area contributed by atoms with Crippen LogP contribution in [0.3, 0.4) is 0 Å². The minimum atomic E-state index is -0.811. The summed E-state index contributed by atoms with van der Waals surface area (Å²) in [5.41, 5.74) is -0.811. The summed E-state index contributed by atoms with van der Waals surface area (Å²) in [5.74, 6) is -0.0374. The van der Waals surface area contributed by atoms with Crippen molar-refractivity contribution < 1.29 is 19.7 Å². The first kappa shape index (κ1) is 16.7. The Morgan fingerprint density at radius 2 is 2.05 bits per heavy atom. The molecule has 0 aromatic carbocycles.